The number of nitrogens with zero attached hydrogens (tertiary/aromatic N) is 2. The third-order valence-corrected chi connectivity index (χ3v) is 8.33. The Morgan fingerprint density at radius 2 is 1.71 bits per heavy atom. The number of carbonyl (C=O) groups excluding carboxylic acids is 4. The Kier molecular flexibility index (Phi) is 14.3. The molecule has 4 aromatic rings. The molecule has 0 aliphatic carbocycles. The van der Waals surface area contributed by atoms with Gasteiger partial charge in [0.2, 0.25) is 12.3 Å². The summed E-state index contributed by atoms with van der Waals surface area (Å²) in [6.45, 7) is 5.70. The maximum absolute atomic E-state index is 13.5. The number of ether oxygens (including phenoxy) is 1. The van der Waals surface area contributed by atoms with Crippen LogP contribution >= 0.6 is 8.25 Å². The third kappa shape index (κ3) is 10.8. The summed E-state index contributed by atoms with van der Waals surface area (Å²) in [6, 6.07) is 17.3. The normalized spacial score (nSPS) is 12.3. The highest BCUT2D eigenvalue weighted by molar-refractivity contribution is 7.32. The van der Waals surface area contributed by atoms with Crippen molar-refractivity contribution in [1.29, 1.82) is 0 Å². The number of carbonyl (C=O) groups is 4. The molecule has 0 radical (unpaired) electrons. The first-order valence-corrected chi connectivity index (χ1v) is 17.8. The van der Waals surface area contributed by atoms with Crippen molar-refractivity contribution < 1.29 is 47.2 Å². The van der Waals surface area contributed by atoms with Gasteiger partial charge in [-0.05, 0) is 80.4 Å². The topological polar surface area (TPSA) is 179 Å². The van der Waals surface area contributed by atoms with E-state index < -0.39 is 38.0 Å². The van der Waals surface area contributed by atoms with E-state index in [0.29, 0.717) is 43.6 Å². The molecule has 0 saturated heterocycles. The zero-order valence-electron chi connectivity index (χ0n) is 28.7. The second-order valence-corrected chi connectivity index (χ2v) is 12.1. The Morgan fingerprint density at radius 1 is 0.980 bits per heavy atom. The predicted octanol–water partition coefficient (Wildman–Crippen LogP) is 6.17. The summed E-state index contributed by atoms with van der Waals surface area (Å²) >= 11 is 0. The minimum absolute atomic E-state index is 0.0527. The molecule has 0 fully saturated rings. The summed E-state index contributed by atoms with van der Waals surface area (Å²) in [7, 11) is -2.91. The summed E-state index contributed by atoms with van der Waals surface area (Å²) < 4.78 is 29.3. The molecule has 2 aromatic heterocycles. The van der Waals surface area contributed by atoms with Gasteiger partial charge in [-0.25, -0.2) is 9.32 Å². The van der Waals surface area contributed by atoms with Gasteiger partial charge in [0, 0.05) is 34.3 Å². The highest BCUT2D eigenvalue weighted by atomic mass is 31.1. The van der Waals surface area contributed by atoms with Crippen LogP contribution in [-0.2, 0) is 19.0 Å². The van der Waals surface area contributed by atoms with Crippen molar-refractivity contribution in [3.05, 3.63) is 90.4 Å². The molecule has 2 heterocycles. The maximum atomic E-state index is 13.5. The highest BCUT2D eigenvalue weighted by Gasteiger charge is 2.33. The van der Waals surface area contributed by atoms with Crippen molar-refractivity contribution in [1.82, 2.24) is 20.3 Å². The lowest BCUT2D eigenvalue weighted by Crippen LogP contribution is -2.49. The van der Waals surface area contributed by atoms with Gasteiger partial charge < -0.3 is 29.2 Å². The molecule has 3 unspecified atom stereocenters. The van der Waals surface area contributed by atoms with Crippen molar-refractivity contribution in [3.8, 4) is 28.5 Å². The Hall–Kier alpha value is -5.46. The van der Waals surface area contributed by atoms with Crippen LogP contribution < -0.4 is 19.9 Å². The molecule has 51 heavy (non-hydrogen) atoms. The SMILES string of the molecule is CCCCCC(C(=O)NCNC(=O)c1ccc(-c2cc(OCC)cc(O[P+](=O)O)c2)o1)C(CC)N(C=O)OC(=O)c1ccc(-n2cccc2)cc1. The predicted molar refractivity (Wildman–Crippen MR) is 187 cm³/mol. The summed E-state index contributed by atoms with van der Waals surface area (Å²) in [6.07, 6.45) is 7.33. The maximum Gasteiger partial charge on any atom is 0.747 e. The van der Waals surface area contributed by atoms with E-state index >= 15 is 0 Å². The molecular weight excluding hydrogens is 679 g/mol. The minimum atomic E-state index is -2.91. The van der Waals surface area contributed by atoms with Crippen LogP contribution in [0, 0.1) is 5.92 Å². The number of hydroxylamine groups is 2. The molecule has 0 spiro atoms. The lowest BCUT2D eigenvalue weighted by atomic mass is 9.90. The molecule has 3 amide bonds. The van der Waals surface area contributed by atoms with Gasteiger partial charge in [-0.1, -0.05) is 33.1 Å². The number of amides is 3. The van der Waals surface area contributed by atoms with Gasteiger partial charge in [-0.3, -0.25) is 14.4 Å². The van der Waals surface area contributed by atoms with Crippen LogP contribution in [0.5, 0.6) is 11.5 Å². The first kappa shape index (κ1) is 38.3. The number of unbranched alkanes of at least 4 members (excludes halogenated alkanes) is 2. The van der Waals surface area contributed by atoms with E-state index in [1.54, 1.807) is 50.2 Å². The quantitative estimate of drug-likeness (QED) is 0.0314. The zero-order chi connectivity index (χ0) is 36.8. The van der Waals surface area contributed by atoms with E-state index in [4.69, 9.17) is 18.5 Å². The fourth-order valence-corrected chi connectivity index (χ4v) is 5.78. The molecule has 0 aliphatic heterocycles. The first-order chi connectivity index (χ1) is 24.7. The van der Waals surface area contributed by atoms with Gasteiger partial charge >= 0.3 is 14.2 Å². The van der Waals surface area contributed by atoms with Crippen LogP contribution in [0.3, 0.4) is 0 Å². The molecule has 270 valence electrons. The number of furan rings is 1. The molecule has 14 nitrogen and oxygen atoms in total. The Bertz CT molecular complexity index is 1770. The molecule has 4 rings (SSSR count). The average Bonchev–Trinajstić information content (AvgIpc) is 3.84. The smallest absolute Gasteiger partial charge is 0.494 e. The fourth-order valence-electron chi connectivity index (χ4n) is 5.50. The Labute approximate surface area is 296 Å². The van der Waals surface area contributed by atoms with Gasteiger partial charge in [0.25, 0.3) is 5.91 Å². The second kappa shape index (κ2) is 19.1. The van der Waals surface area contributed by atoms with Crippen LogP contribution in [-0.4, -0.2) is 58.0 Å². The van der Waals surface area contributed by atoms with E-state index in [-0.39, 0.29) is 29.5 Å². The van der Waals surface area contributed by atoms with E-state index in [9.17, 15) is 28.6 Å². The lowest BCUT2D eigenvalue weighted by molar-refractivity contribution is -0.171. The molecule has 2 aromatic carbocycles. The van der Waals surface area contributed by atoms with Gasteiger partial charge in [0.05, 0.1) is 30.8 Å². The monoisotopic (exact) mass is 721 g/mol. The van der Waals surface area contributed by atoms with Crippen LogP contribution in [0.15, 0.2) is 83.5 Å². The molecular formula is C36H42N4O10P+. The number of hydrogen-bond donors (Lipinski definition) is 3. The summed E-state index contributed by atoms with van der Waals surface area (Å²) in [4.78, 5) is 66.4. The van der Waals surface area contributed by atoms with E-state index in [2.05, 4.69) is 10.6 Å². The van der Waals surface area contributed by atoms with Crippen LogP contribution in [0.25, 0.3) is 17.0 Å². The van der Waals surface area contributed by atoms with Crippen LogP contribution in [0.1, 0.15) is 73.8 Å². The number of rotatable bonds is 20. The molecule has 0 aliphatic rings. The fraction of sp³-hybridized carbons (Fsp3) is 0.333. The van der Waals surface area contributed by atoms with E-state index in [1.165, 1.54) is 18.2 Å². The Balaban J connectivity index is 1.40. The summed E-state index contributed by atoms with van der Waals surface area (Å²) in [5.41, 5.74) is 1.52. The Morgan fingerprint density at radius 3 is 2.35 bits per heavy atom. The molecule has 3 N–H and O–H groups in total. The van der Waals surface area contributed by atoms with Gasteiger partial charge in [-0.15, -0.1) is 4.89 Å². The third-order valence-electron chi connectivity index (χ3n) is 7.96. The van der Waals surface area contributed by atoms with Crippen molar-refractivity contribution in [2.24, 2.45) is 5.92 Å². The van der Waals surface area contributed by atoms with Gasteiger partial charge in [0.1, 0.15) is 11.5 Å². The minimum Gasteiger partial charge on any atom is -0.494 e. The van der Waals surface area contributed by atoms with Gasteiger partial charge in [-0.2, -0.15) is 5.06 Å². The standard InChI is InChI=1S/C36H41N4O10P/c1-4-7-8-11-30(31(5-2)40(24-41)49-36(44)25-12-14-27(15-13-25)39-18-9-10-19-39)34(42)37-23-38-35(43)33-17-16-32(48-33)26-20-28(47-6-3)22-29(21-26)50-51(45)46/h9-10,12-22,24,30-31H,4-8,11,23H2,1-3H3,(H2-,37,38,42,43,45,46)/p+1. The zero-order valence-corrected chi connectivity index (χ0v) is 29.5. The highest BCUT2D eigenvalue weighted by Crippen LogP contribution is 2.34. The number of aromatic nitrogens is 1. The molecule has 0 bridgehead atoms. The molecule has 15 heteroatoms. The van der Waals surface area contributed by atoms with Gasteiger partial charge in [0.15, 0.2) is 11.5 Å². The molecule has 3 atom stereocenters. The number of hydrogen-bond acceptors (Lipinski definition) is 9. The largest absolute Gasteiger partial charge is 0.747 e. The second-order valence-electron chi connectivity index (χ2n) is 11.4. The summed E-state index contributed by atoms with van der Waals surface area (Å²) in [5.74, 6) is -1.86. The van der Waals surface area contributed by atoms with Crippen molar-refractivity contribution in [2.45, 2.75) is 58.9 Å². The molecule has 0 saturated carbocycles. The summed E-state index contributed by atoms with van der Waals surface area (Å²) in [5, 5.41) is 6.21. The van der Waals surface area contributed by atoms with Crippen LogP contribution in [0.2, 0.25) is 0 Å². The first-order valence-electron chi connectivity index (χ1n) is 16.6. The van der Waals surface area contributed by atoms with E-state index in [0.717, 1.165) is 23.6 Å². The van der Waals surface area contributed by atoms with Crippen molar-refractivity contribution >= 4 is 32.4 Å². The number of nitrogens with one attached hydrogen (secondary N) is 2. The van der Waals surface area contributed by atoms with Crippen molar-refractivity contribution in [3.63, 3.8) is 0 Å². The lowest BCUT2D eigenvalue weighted by Gasteiger charge is -2.31. The average molecular weight is 722 g/mol. The van der Waals surface area contributed by atoms with E-state index in [1.807, 2.05) is 36.0 Å². The number of benzene rings is 2. The van der Waals surface area contributed by atoms with Crippen molar-refractivity contribution in [2.75, 3.05) is 13.3 Å². The van der Waals surface area contributed by atoms with Crippen LogP contribution in [0.4, 0.5) is 0 Å².